The minimum atomic E-state index is -4.28. The van der Waals surface area contributed by atoms with Gasteiger partial charge in [0.15, 0.2) is 0 Å². The Bertz CT molecular complexity index is 261. The largest absolute Gasteiger partial charge is 1.00 e. The zero-order valence-electron chi connectivity index (χ0n) is 8.65. The molecule has 0 aromatic heterocycles. The van der Waals surface area contributed by atoms with Gasteiger partial charge >= 0.3 is 57.4 Å². The first-order chi connectivity index (χ1) is 5.87. The van der Waals surface area contributed by atoms with Crippen molar-refractivity contribution < 1.29 is 73.9 Å². The smallest absolute Gasteiger partial charge is 0.748 e. The van der Waals surface area contributed by atoms with Gasteiger partial charge in [-0.1, -0.05) is 13.8 Å². The van der Waals surface area contributed by atoms with Gasteiger partial charge < -0.3 is 9.29 Å². The summed E-state index contributed by atoms with van der Waals surface area (Å²) >= 11 is 0. The molecule has 0 spiro atoms. The summed E-state index contributed by atoms with van der Waals surface area (Å²) in [6.07, 6.45) is 0.628. The number of hydrogen-bond acceptors (Lipinski definition) is 5. The molecule has 1 unspecified atom stereocenters. The fourth-order valence-corrected chi connectivity index (χ4v) is 0.841. The van der Waals surface area contributed by atoms with E-state index >= 15 is 0 Å². The Morgan fingerprint density at radius 2 is 2.00 bits per heavy atom. The van der Waals surface area contributed by atoms with Crippen LogP contribution in [0.15, 0.2) is 0 Å². The first-order valence-corrected chi connectivity index (χ1v) is 5.54. The van der Waals surface area contributed by atoms with Gasteiger partial charge in [0, 0.05) is 0 Å². The van der Waals surface area contributed by atoms with E-state index in [0.29, 0.717) is 6.42 Å². The number of rotatable bonds is 5. The summed E-state index contributed by atoms with van der Waals surface area (Å²) in [5, 5.41) is 0. The van der Waals surface area contributed by atoms with Crippen LogP contribution in [0.4, 0.5) is 0 Å². The van der Waals surface area contributed by atoms with Gasteiger partial charge in [-0.2, -0.15) is 0 Å². The molecule has 7 heteroatoms. The minimum absolute atomic E-state index is 0. The molecule has 0 fully saturated rings. The van der Waals surface area contributed by atoms with Crippen molar-refractivity contribution in [3.8, 4) is 0 Å². The van der Waals surface area contributed by atoms with Crippen LogP contribution in [0.3, 0.4) is 0 Å². The summed E-state index contributed by atoms with van der Waals surface area (Å²) in [6, 6.07) is 0. The second-order valence-electron chi connectivity index (χ2n) is 2.74. The third-order valence-corrected chi connectivity index (χ3v) is 2.26. The van der Waals surface area contributed by atoms with Crippen LogP contribution in [0, 0.1) is 5.92 Å². The molecule has 0 saturated heterocycles. The fraction of sp³-hybridized carbons (Fsp3) is 0.857. The van der Waals surface area contributed by atoms with Gasteiger partial charge in [-0.15, -0.1) is 0 Å². The van der Waals surface area contributed by atoms with Crippen LogP contribution in [0.25, 0.3) is 0 Å². The predicted molar refractivity (Wildman–Crippen MR) is 45.0 cm³/mol. The van der Waals surface area contributed by atoms with Gasteiger partial charge in [0.2, 0.25) is 0 Å². The normalized spacial score (nSPS) is 12.8. The van der Waals surface area contributed by atoms with Crippen molar-refractivity contribution in [2.24, 2.45) is 5.92 Å². The maximum atomic E-state index is 10.9. The maximum absolute atomic E-state index is 10.9. The van der Waals surface area contributed by atoms with Crippen LogP contribution in [-0.2, 0) is 19.6 Å². The van der Waals surface area contributed by atoms with Crippen molar-refractivity contribution in [1.29, 1.82) is 0 Å². The van der Waals surface area contributed by atoms with Gasteiger partial charge in [-0.05, 0) is 6.42 Å². The number of hydrogen-bond donors (Lipinski definition) is 0. The predicted octanol–water partition coefficient (Wildman–Crippen LogP) is -2.88. The van der Waals surface area contributed by atoms with Crippen LogP contribution in [0.2, 0.25) is 0 Å². The summed E-state index contributed by atoms with van der Waals surface area (Å²) in [5.74, 6) is -1.38. The van der Waals surface area contributed by atoms with Crippen LogP contribution < -0.4 is 51.4 Å². The second kappa shape index (κ2) is 8.20. The summed E-state index contributed by atoms with van der Waals surface area (Å²) in [4.78, 5) is 10.9. The van der Waals surface area contributed by atoms with E-state index in [2.05, 4.69) is 4.74 Å². The molecule has 0 rings (SSSR count). The zero-order valence-corrected chi connectivity index (χ0v) is 12.6. The van der Waals surface area contributed by atoms with E-state index < -0.39 is 21.8 Å². The molecule has 0 N–H and O–H groups in total. The first kappa shape index (κ1) is 17.4. The Morgan fingerprint density at radius 3 is 2.36 bits per heavy atom. The van der Waals surface area contributed by atoms with Crippen LogP contribution >= 0.6 is 0 Å². The summed E-state index contributed by atoms with van der Waals surface area (Å²) < 4.78 is 34.9. The number of ether oxygens (including phenoxy) is 1. The number of carbonyl (C=O) groups is 1. The fourth-order valence-electron chi connectivity index (χ4n) is 0.553. The van der Waals surface area contributed by atoms with E-state index in [-0.39, 0.29) is 63.9 Å². The van der Waals surface area contributed by atoms with E-state index in [9.17, 15) is 17.8 Å². The average Bonchev–Trinajstić information content (AvgIpc) is 2.00. The molecular formula is C7H13KO5S. The Morgan fingerprint density at radius 1 is 1.50 bits per heavy atom. The third kappa shape index (κ3) is 9.57. The Kier molecular flexibility index (Phi) is 10.2. The Hall–Kier alpha value is 1.02. The molecule has 0 heterocycles. The van der Waals surface area contributed by atoms with Crippen molar-refractivity contribution in [2.45, 2.75) is 20.3 Å². The summed E-state index contributed by atoms with van der Waals surface area (Å²) in [6.45, 7) is 3.14. The van der Waals surface area contributed by atoms with E-state index in [0.717, 1.165) is 0 Å². The monoisotopic (exact) mass is 248 g/mol. The molecule has 0 bridgehead atoms. The molecule has 78 valence electrons. The molecule has 0 aliphatic carbocycles. The summed E-state index contributed by atoms with van der Waals surface area (Å²) in [7, 11) is -4.28. The summed E-state index contributed by atoms with van der Waals surface area (Å²) in [5.41, 5.74) is 0. The van der Waals surface area contributed by atoms with E-state index in [1.54, 1.807) is 6.92 Å². The molecule has 14 heavy (non-hydrogen) atoms. The SMILES string of the molecule is CCC(C)C(=O)OCCS(=O)(=O)[O-].[K+]. The maximum Gasteiger partial charge on any atom is 1.00 e. The van der Waals surface area contributed by atoms with Gasteiger partial charge in [0.25, 0.3) is 0 Å². The Labute approximate surface area is 127 Å². The molecule has 5 nitrogen and oxygen atoms in total. The number of carbonyl (C=O) groups excluding carboxylic acids is 1. The van der Waals surface area contributed by atoms with Crippen molar-refractivity contribution >= 4 is 16.1 Å². The van der Waals surface area contributed by atoms with E-state index in [1.165, 1.54) is 0 Å². The van der Waals surface area contributed by atoms with Crippen molar-refractivity contribution in [3.05, 3.63) is 0 Å². The Balaban J connectivity index is 0. The first-order valence-electron chi connectivity index (χ1n) is 3.97. The zero-order chi connectivity index (χ0) is 10.5. The molecule has 0 aromatic rings. The van der Waals surface area contributed by atoms with Gasteiger partial charge in [-0.25, -0.2) is 8.42 Å². The molecule has 0 aromatic carbocycles. The average molecular weight is 248 g/mol. The molecule has 0 aliphatic rings. The van der Waals surface area contributed by atoms with Gasteiger partial charge in [0.1, 0.15) is 6.61 Å². The van der Waals surface area contributed by atoms with Crippen LogP contribution in [-0.4, -0.2) is 31.3 Å². The van der Waals surface area contributed by atoms with Crippen LogP contribution in [0.1, 0.15) is 20.3 Å². The second-order valence-corrected chi connectivity index (χ2v) is 4.26. The van der Waals surface area contributed by atoms with Crippen molar-refractivity contribution in [2.75, 3.05) is 12.4 Å². The van der Waals surface area contributed by atoms with Gasteiger partial charge in [0.05, 0.1) is 21.8 Å². The molecule has 1 atom stereocenters. The van der Waals surface area contributed by atoms with E-state index in [4.69, 9.17) is 0 Å². The van der Waals surface area contributed by atoms with Gasteiger partial charge in [-0.3, -0.25) is 4.79 Å². The number of esters is 1. The molecule has 0 radical (unpaired) electrons. The molecule has 0 amide bonds. The molecular weight excluding hydrogens is 235 g/mol. The molecule has 0 aliphatic heterocycles. The van der Waals surface area contributed by atoms with Crippen molar-refractivity contribution in [3.63, 3.8) is 0 Å². The standard InChI is InChI=1S/C7H14O5S.K/c1-3-6(2)7(8)12-4-5-13(9,10)11;/h6H,3-5H2,1-2H3,(H,9,10,11);/q;+1/p-1. The quantitative estimate of drug-likeness (QED) is 0.296. The third-order valence-electron chi connectivity index (χ3n) is 1.59. The minimum Gasteiger partial charge on any atom is -0.748 e. The molecule has 0 saturated carbocycles. The van der Waals surface area contributed by atoms with E-state index in [1.807, 2.05) is 6.92 Å². The van der Waals surface area contributed by atoms with Crippen molar-refractivity contribution in [1.82, 2.24) is 0 Å². The topological polar surface area (TPSA) is 83.5 Å². The van der Waals surface area contributed by atoms with Crippen LogP contribution in [0.5, 0.6) is 0 Å².